The molecule has 116 valence electrons. The van der Waals surface area contributed by atoms with Crippen LogP contribution < -0.4 is 4.72 Å². The topological polar surface area (TPSA) is 117 Å². The van der Waals surface area contributed by atoms with Gasteiger partial charge in [-0.1, -0.05) is 0 Å². The summed E-state index contributed by atoms with van der Waals surface area (Å²) in [5.74, 6) is -1.36. The first-order chi connectivity index (χ1) is 9.74. The first-order valence-corrected chi connectivity index (χ1v) is 8.95. The maximum atomic E-state index is 12.1. The average Bonchev–Trinajstić information content (AvgIpc) is 3.07. The van der Waals surface area contributed by atoms with E-state index >= 15 is 0 Å². The Balaban J connectivity index is 2.00. The van der Waals surface area contributed by atoms with Crippen LogP contribution in [0.4, 0.5) is 5.13 Å². The molecule has 1 amide bonds. The summed E-state index contributed by atoms with van der Waals surface area (Å²) in [6.07, 6.45) is 2.61. The van der Waals surface area contributed by atoms with Crippen LogP contribution in [0.15, 0.2) is 5.38 Å². The predicted octanol–water partition coefficient (Wildman–Crippen LogP) is 0.133. The Labute approximate surface area is 125 Å². The van der Waals surface area contributed by atoms with Crippen LogP contribution in [-0.2, 0) is 26.0 Å². The highest BCUT2D eigenvalue weighted by Gasteiger charge is 2.33. The fraction of sp³-hybridized carbons (Fsp3) is 0.545. The molecule has 0 bridgehead atoms. The van der Waals surface area contributed by atoms with Gasteiger partial charge in [0.15, 0.2) is 5.13 Å². The number of nitrogens with zero attached hydrogens (tertiary/aromatic N) is 2. The van der Waals surface area contributed by atoms with E-state index in [1.807, 2.05) is 0 Å². The summed E-state index contributed by atoms with van der Waals surface area (Å²) in [6, 6.07) is 0.000788. The van der Waals surface area contributed by atoms with Gasteiger partial charge in [0.05, 0.1) is 18.4 Å². The number of carbonyl (C=O) groups excluding carboxylic acids is 1. The average molecular weight is 333 g/mol. The maximum absolute atomic E-state index is 12.1. The molecule has 1 aliphatic rings. The Morgan fingerprint density at radius 3 is 2.71 bits per heavy atom. The van der Waals surface area contributed by atoms with Crippen molar-refractivity contribution in [2.75, 3.05) is 17.5 Å². The summed E-state index contributed by atoms with van der Waals surface area (Å²) in [7, 11) is -3.40. The lowest BCUT2D eigenvalue weighted by Gasteiger charge is -2.19. The lowest BCUT2D eigenvalue weighted by molar-refractivity contribution is -0.144. The minimum Gasteiger partial charge on any atom is -0.480 e. The van der Waals surface area contributed by atoms with Crippen molar-refractivity contribution in [3.8, 4) is 0 Å². The van der Waals surface area contributed by atoms with E-state index in [1.165, 1.54) is 4.90 Å². The zero-order chi connectivity index (χ0) is 15.6. The number of hydrogen-bond donors (Lipinski definition) is 2. The third-order valence-corrected chi connectivity index (χ3v) is 4.27. The van der Waals surface area contributed by atoms with Crippen molar-refractivity contribution in [2.24, 2.45) is 0 Å². The van der Waals surface area contributed by atoms with Crippen LogP contribution in [0.3, 0.4) is 0 Å². The standard InChI is InChI=1S/C11H15N3O5S2/c1-21(18,19)13-11-12-7(6-20-11)4-9(15)14(5-10(16)17)8-2-3-8/h6,8H,2-5H2,1H3,(H,12,13)(H,16,17). The number of sulfonamides is 1. The van der Waals surface area contributed by atoms with Crippen molar-refractivity contribution in [1.29, 1.82) is 0 Å². The van der Waals surface area contributed by atoms with Gasteiger partial charge in [0.1, 0.15) is 6.54 Å². The SMILES string of the molecule is CS(=O)(=O)Nc1nc(CC(=O)N(CC(=O)O)C2CC2)cs1. The van der Waals surface area contributed by atoms with Gasteiger partial charge in [0.2, 0.25) is 15.9 Å². The summed E-state index contributed by atoms with van der Waals surface area (Å²) >= 11 is 1.08. The van der Waals surface area contributed by atoms with Gasteiger partial charge < -0.3 is 10.0 Å². The zero-order valence-electron chi connectivity index (χ0n) is 11.3. The molecule has 0 unspecified atom stereocenters. The molecule has 0 atom stereocenters. The second-order valence-electron chi connectivity index (χ2n) is 4.84. The van der Waals surface area contributed by atoms with E-state index in [2.05, 4.69) is 9.71 Å². The van der Waals surface area contributed by atoms with Gasteiger partial charge in [-0.25, -0.2) is 13.4 Å². The van der Waals surface area contributed by atoms with Crippen molar-refractivity contribution in [3.05, 3.63) is 11.1 Å². The van der Waals surface area contributed by atoms with Crippen molar-refractivity contribution >= 4 is 38.4 Å². The molecule has 1 aliphatic carbocycles. The lowest BCUT2D eigenvalue weighted by atomic mass is 10.3. The Kier molecular flexibility index (Phi) is 4.47. The number of amides is 1. The molecule has 10 heteroatoms. The normalized spacial score (nSPS) is 14.7. The van der Waals surface area contributed by atoms with E-state index in [4.69, 9.17) is 5.11 Å². The van der Waals surface area contributed by atoms with E-state index < -0.39 is 16.0 Å². The van der Waals surface area contributed by atoms with E-state index in [9.17, 15) is 18.0 Å². The minimum absolute atomic E-state index is 0.000788. The summed E-state index contributed by atoms with van der Waals surface area (Å²) in [4.78, 5) is 28.2. The monoisotopic (exact) mass is 333 g/mol. The second-order valence-corrected chi connectivity index (χ2v) is 7.45. The molecule has 1 aromatic heterocycles. The number of thiazole rings is 1. The quantitative estimate of drug-likeness (QED) is 0.733. The molecule has 2 N–H and O–H groups in total. The molecule has 2 rings (SSSR count). The lowest BCUT2D eigenvalue weighted by Crippen LogP contribution is -2.38. The highest BCUT2D eigenvalue weighted by Crippen LogP contribution is 2.27. The first-order valence-electron chi connectivity index (χ1n) is 6.18. The van der Waals surface area contributed by atoms with Crippen molar-refractivity contribution < 1.29 is 23.1 Å². The van der Waals surface area contributed by atoms with Crippen molar-refractivity contribution in [1.82, 2.24) is 9.88 Å². The van der Waals surface area contributed by atoms with Gasteiger partial charge in [0.25, 0.3) is 0 Å². The van der Waals surface area contributed by atoms with Crippen LogP contribution in [0.2, 0.25) is 0 Å². The largest absolute Gasteiger partial charge is 0.480 e. The molecular weight excluding hydrogens is 318 g/mol. The maximum Gasteiger partial charge on any atom is 0.323 e. The fourth-order valence-corrected chi connectivity index (χ4v) is 3.37. The van der Waals surface area contributed by atoms with Gasteiger partial charge in [-0.15, -0.1) is 11.3 Å². The molecule has 0 radical (unpaired) electrons. The molecule has 0 spiro atoms. The molecule has 8 nitrogen and oxygen atoms in total. The summed E-state index contributed by atoms with van der Waals surface area (Å²) < 4.78 is 24.4. The number of hydrogen-bond acceptors (Lipinski definition) is 6. The smallest absolute Gasteiger partial charge is 0.323 e. The molecule has 0 aromatic carbocycles. The molecule has 1 saturated carbocycles. The van der Waals surface area contributed by atoms with Gasteiger partial charge in [-0.2, -0.15) is 0 Å². The van der Waals surface area contributed by atoms with E-state index in [-0.39, 0.29) is 30.0 Å². The summed E-state index contributed by atoms with van der Waals surface area (Å²) in [5, 5.41) is 10.6. The molecule has 1 heterocycles. The number of aliphatic carboxylic acids is 1. The predicted molar refractivity (Wildman–Crippen MR) is 76.7 cm³/mol. The number of carboxylic acids is 1. The Morgan fingerprint density at radius 2 is 2.19 bits per heavy atom. The molecule has 0 saturated heterocycles. The molecule has 21 heavy (non-hydrogen) atoms. The highest BCUT2D eigenvalue weighted by molar-refractivity contribution is 7.92. The highest BCUT2D eigenvalue weighted by atomic mass is 32.2. The number of carbonyl (C=O) groups is 2. The van der Waals surface area contributed by atoms with Crippen LogP contribution in [-0.4, -0.2) is 54.1 Å². The second kappa shape index (κ2) is 5.98. The third-order valence-electron chi connectivity index (χ3n) is 2.77. The van der Waals surface area contributed by atoms with Gasteiger partial charge >= 0.3 is 5.97 Å². The summed E-state index contributed by atoms with van der Waals surface area (Å²) in [5.41, 5.74) is 0.423. The van der Waals surface area contributed by atoms with E-state index in [0.29, 0.717) is 5.69 Å². The van der Waals surface area contributed by atoms with Crippen LogP contribution >= 0.6 is 11.3 Å². The zero-order valence-corrected chi connectivity index (χ0v) is 12.9. The Morgan fingerprint density at radius 1 is 1.52 bits per heavy atom. The van der Waals surface area contributed by atoms with Gasteiger partial charge in [-0.3, -0.25) is 14.3 Å². The summed E-state index contributed by atoms with van der Waals surface area (Å²) in [6.45, 7) is -0.317. The van der Waals surface area contributed by atoms with E-state index in [1.54, 1.807) is 5.38 Å². The van der Waals surface area contributed by atoms with Gasteiger partial charge in [0, 0.05) is 11.4 Å². The van der Waals surface area contributed by atoms with Crippen LogP contribution in [0, 0.1) is 0 Å². The van der Waals surface area contributed by atoms with E-state index in [0.717, 1.165) is 30.4 Å². The molecule has 1 fully saturated rings. The Hall–Kier alpha value is -1.68. The van der Waals surface area contributed by atoms with Crippen molar-refractivity contribution in [3.63, 3.8) is 0 Å². The number of carboxylic acid groups (broad SMARTS) is 1. The van der Waals surface area contributed by atoms with Gasteiger partial charge in [-0.05, 0) is 12.8 Å². The number of anilines is 1. The Bertz CT molecular complexity index is 651. The first kappa shape index (κ1) is 15.7. The molecule has 1 aromatic rings. The molecular formula is C11H15N3O5S2. The van der Waals surface area contributed by atoms with Crippen molar-refractivity contribution in [2.45, 2.75) is 25.3 Å². The number of rotatable bonds is 7. The fourth-order valence-electron chi connectivity index (χ4n) is 1.80. The van der Waals surface area contributed by atoms with Crippen LogP contribution in [0.25, 0.3) is 0 Å². The number of nitrogens with one attached hydrogen (secondary N) is 1. The van der Waals surface area contributed by atoms with Crippen LogP contribution in [0.5, 0.6) is 0 Å². The third kappa shape index (κ3) is 4.97. The molecule has 0 aliphatic heterocycles. The number of aromatic nitrogens is 1. The minimum atomic E-state index is -3.40. The van der Waals surface area contributed by atoms with Crippen LogP contribution in [0.1, 0.15) is 18.5 Å².